The molecule has 0 spiro atoms. The Bertz CT molecular complexity index is 1010. The van der Waals surface area contributed by atoms with Gasteiger partial charge in [0.1, 0.15) is 0 Å². The molecule has 1 aromatic carbocycles. The van der Waals surface area contributed by atoms with Gasteiger partial charge in [-0.2, -0.15) is 9.97 Å². The number of nitrogen functional groups attached to an aromatic ring is 1. The molecule has 2 heterocycles. The van der Waals surface area contributed by atoms with E-state index in [9.17, 15) is 5.11 Å². The van der Waals surface area contributed by atoms with Gasteiger partial charge in [0.25, 0.3) is 0 Å². The van der Waals surface area contributed by atoms with Crippen molar-refractivity contribution in [3.8, 4) is 0 Å². The maximum absolute atomic E-state index is 10.0. The number of aliphatic hydroxyl groups is 1. The molecule has 28 heavy (non-hydrogen) atoms. The van der Waals surface area contributed by atoms with E-state index in [1.807, 2.05) is 18.5 Å². The average Bonchev–Trinajstić information content (AvgIpc) is 3.39. The van der Waals surface area contributed by atoms with Gasteiger partial charge in [0.05, 0.1) is 11.9 Å². The third-order valence-electron chi connectivity index (χ3n) is 4.59. The second-order valence-electron chi connectivity index (χ2n) is 7.81. The van der Waals surface area contributed by atoms with Crippen molar-refractivity contribution in [1.82, 2.24) is 19.5 Å². The number of hydrogen-bond donors (Lipinski definition) is 4. The first-order valence-electron chi connectivity index (χ1n) is 9.29. The van der Waals surface area contributed by atoms with Gasteiger partial charge in [-0.1, -0.05) is 0 Å². The number of anilines is 3. The van der Waals surface area contributed by atoms with Crippen LogP contribution in [-0.4, -0.2) is 36.8 Å². The summed E-state index contributed by atoms with van der Waals surface area (Å²) in [7, 11) is 0. The summed E-state index contributed by atoms with van der Waals surface area (Å²) in [6, 6.07) is 6.41. The molecule has 1 fully saturated rings. The highest BCUT2D eigenvalue weighted by atomic mass is 127. The lowest BCUT2D eigenvalue weighted by Crippen LogP contribution is -2.30. The molecule has 148 valence electrons. The highest BCUT2D eigenvalue weighted by Gasteiger charge is 2.27. The zero-order valence-electron chi connectivity index (χ0n) is 15.9. The van der Waals surface area contributed by atoms with Crippen LogP contribution in [0.5, 0.6) is 0 Å². The van der Waals surface area contributed by atoms with Gasteiger partial charge >= 0.3 is 0 Å². The molecule has 0 atom stereocenters. The summed E-state index contributed by atoms with van der Waals surface area (Å²) < 4.78 is 3.24. The monoisotopic (exact) mass is 493 g/mol. The van der Waals surface area contributed by atoms with Gasteiger partial charge in [0, 0.05) is 28.4 Å². The summed E-state index contributed by atoms with van der Waals surface area (Å²) in [6.45, 7) is 4.37. The zero-order chi connectivity index (χ0) is 19.9. The largest absolute Gasteiger partial charge is 0.398 e. The summed E-state index contributed by atoms with van der Waals surface area (Å²) >= 11 is 2.27. The number of benzene rings is 1. The molecule has 0 saturated heterocycles. The minimum absolute atomic E-state index is 0.347. The zero-order valence-corrected chi connectivity index (χ0v) is 18.1. The second-order valence-corrected chi connectivity index (χ2v) is 9.06. The van der Waals surface area contributed by atoms with E-state index in [1.54, 1.807) is 13.8 Å². The molecule has 0 unspecified atom stereocenters. The van der Waals surface area contributed by atoms with Crippen LogP contribution in [0, 0.1) is 3.57 Å². The quantitative estimate of drug-likeness (QED) is 0.296. The average molecular weight is 493 g/mol. The molecule has 1 aliphatic rings. The number of nitrogens with one attached hydrogen (secondary N) is 2. The summed E-state index contributed by atoms with van der Waals surface area (Å²) in [5.74, 6) is 1.12. The van der Waals surface area contributed by atoms with Gasteiger partial charge < -0.3 is 26.0 Å². The molecule has 0 bridgehead atoms. The normalized spacial score (nSPS) is 14.4. The van der Waals surface area contributed by atoms with Crippen molar-refractivity contribution < 1.29 is 5.11 Å². The fraction of sp³-hybridized carbons (Fsp3) is 0.421. The van der Waals surface area contributed by atoms with Crippen LogP contribution in [0.25, 0.3) is 11.2 Å². The summed E-state index contributed by atoms with van der Waals surface area (Å²) in [4.78, 5) is 13.8. The Morgan fingerprint density at radius 3 is 2.79 bits per heavy atom. The van der Waals surface area contributed by atoms with E-state index in [0.717, 1.165) is 38.8 Å². The van der Waals surface area contributed by atoms with Crippen LogP contribution >= 0.6 is 22.6 Å². The molecule has 1 aliphatic carbocycles. The fourth-order valence-electron chi connectivity index (χ4n) is 2.94. The van der Waals surface area contributed by atoms with Gasteiger partial charge in [-0.05, 0) is 73.0 Å². The Labute approximate surface area is 177 Å². The SMILES string of the molecule is CC(C)(O)CNc1nc(NCc2cc(I)ccc2N)c2ncn(C3CC3)c2n1. The minimum Gasteiger partial charge on any atom is -0.398 e. The Balaban J connectivity index is 1.66. The first kappa shape index (κ1) is 19.2. The Kier molecular flexibility index (Phi) is 5.04. The maximum Gasteiger partial charge on any atom is 0.226 e. The molecule has 4 rings (SSSR count). The number of aromatic nitrogens is 4. The molecular formula is C19H24IN7O. The number of hydrogen-bond acceptors (Lipinski definition) is 7. The van der Waals surface area contributed by atoms with E-state index in [1.165, 1.54) is 0 Å². The van der Waals surface area contributed by atoms with Gasteiger partial charge in [-0.15, -0.1) is 0 Å². The number of nitrogens with two attached hydrogens (primary N) is 1. The molecule has 3 aromatic rings. The Morgan fingerprint density at radius 1 is 1.29 bits per heavy atom. The summed E-state index contributed by atoms with van der Waals surface area (Å²) in [5, 5.41) is 16.5. The van der Waals surface area contributed by atoms with Crippen molar-refractivity contribution >= 4 is 51.2 Å². The number of halogens is 1. The van der Waals surface area contributed by atoms with Crippen molar-refractivity contribution in [3.05, 3.63) is 33.7 Å². The van der Waals surface area contributed by atoms with Crippen LogP contribution in [0.4, 0.5) is 17.5 Å². The van der Waals surface area contributed by atoms with Crippen LogP contribution < -0.4 is 16.4 Å². The van der Waals surface area contributed by atoms with Crippen molar-refractivity contribution in [1.29, 1.82) is 0 Å². The van der Waals surface area contributed by atoms with Gasteiger partial charge in [0.2, 0.25) is 5.95 Å². The molecule has 5 N–H and O–H groups in total. The third-order valence-corrected chi connectivity index (χ3v) is 5.26. The topological polar surface area (TPSA) is 114 Å². The smallest absolute Gasteiger partial charge is 0.226 e. The maximum atomic E-state index is 10.0. The molecular weight excluding hydrogens is 469 g/mol. The predicted octanol–water partition coefficient (Wildman–Crippen LogP) is 3.14. The lowest BCUT2D eigenvalue weighted by atomic mass is 10.1. The van der Waals surface area contributed by atoms with E-state index in [0.29, 0.717) is 30.9 Å². The molecule has 0 amide bonds. The van der Waals surface area contributed by atoms with Crippen LogP contribution in [0.15, 0.2) is 24.5 Å². The molecule has 1 saturated carbocycles. The number of fused-ring (bicyclic) bond motifs is 1. The third kappa shape index (κ3) is 4.30. The second kappa shape index (κ2) is 7.36. The minimum atomic E-state index is -0.863. The lowest BCUT2D eigenvalue weighted by Gasteiger charge is -2.18. The van der Waals surface area contributed by atoms with Crippen LogP contribution in [0.1, 0.15) is 38.3 Å². The first-order valence-corrected chi connectivity index (χ1v) is 10.4. The Hall–Kier alpha value is -2.14. The number of imidazole rings is 1. The van der Waals surface area contributed by atoms with E-state index >= 15 is 0 Å². The highest BCUT2D eigenvalue weighted by molar-refractivity contribution is 14.1. The Morgan fingerprint density at radius 2 is 2.07 bits per heavy atom. The van der Waals surface area contributed by atoms with Crippen LogP contribution in [0.3, 0.4) is 0 Å². The van der Waals surface area contributed by atoms with Crippen LogP contribution in [-0.2, 0) is 6.54 Å². The lowest BCUT2D eigenvalue weighted by molar-refractivity contribution is 0.0943. The first-order chi connectivity index (χ1) is 13.3. The summed E-state index contributed by atoms with van der Waals surface area (Å²) in [5.41, 5.74) is 8.53. The van der Waals surface area contributed by atoms with Crippen molar-refractivity contribution in [2.75, 3.05) is 22.9 Å². The van der Waals surface area contributed by atoms with E-state index in [4.69, 9.17) is 5.73 Å². The number of rotatable bonds is 7. The standard InChI is InChI=1S/C19H24IN7O/c1-19(2,28)9-23-18-25-16(22-8-11-7-12(20)3-6-14(11)21)15-17(26-18)27(10-24-15)13-4-5-13/h3,6-7,10,13,28H,4-5,8-9,21H2,1-2H3,(H2,22,23,25,26). The van der Waals surface area contributed by atoms with Gasteiger partial charge in [0.15, 0.2) is 17.0 Å². The highest BCUT2D eigenvalue weighted by Crippen LogP contribution is 2.37. The fourth-order valence-corrected chi connectivity index (χ4v) is 3.50. The molecule has 2 aromatic heterocycles. The number of nitrogens with zero attached hydrogens (tertiary/aromatic N) is 4. The predicted molar refractivity (Wildman–Crippen MR) is 119 cm³/mol. The van der Waals surface area contributed by atoms with Crippen molar-refractivity contribution in [2.24, 2.45) is 0 Å². The molecule has 8 nitrogen and oxygen atoms in total. The van der Waals surface area contributed by atoms with E-state index in [2.05, 4.69) is 58.8 Å². The molecule has 9 heteroatoms. The summed E-state index contributed by atoms with van der Waals surface area (Å²) in [6.07, 6.45) is 4.12. The van der Waals surface area contributed by atoms with Crippen LogP contribution in [0.2, 0.25) is 0 Å². The van der Waals surface area contributed by atoms with Gasteiger partial charge in [-0.25, -0.2) is 4.98 Å². The van der Waals surface area contributed by atoms with E-state index in [-0.39, 0.29) is 0 Å². The molecule has 0 radical (unpaired) electrons. The van der Waals surface area contributed by atoms with Crippen molar-refractivity contribution in [2.45, 2.75) is 44.9 Å². The van der Waals surface area contributed by atoms with Gasteiger partial charge in [-0.3, -0.25) is 0 Å². The van der Waals surface area contributed by atoms with Crippen molar-refractivity contribution in [3.63, 3.8) is 0 Å². The molecule has 0 aliphatic heterocycles. The van der Waals surface area contributed by atoms with E-state index < -0.39 is 5.60 Å².